The summed E-state index contributed by atoms with van der Waals surface area (Å²) < 4.78 is 5.41. The minimum Gasteiger partial charge on any atom is -0.482 e. The van der Waals surface area contributed by atoms with Crippen molar-refractivity contribution in [1.29, 1.82) is 0 Å². The third-order valence-corrected chi connectivity index (χ3v) is 5.15. The van der Waals surface area contributed by atoms with Crippen molar-refractivity contribution in [3.05, 3.63) is 58.6 Å². The van der Waals surface area contributed by atoms with Crippen molar-refractivity contribution < 1.29 is 19.2 Å². The largest absolute Gasteiger partial charge is 0.482 e. The predicted molar refractivity (Wildman–Crippen MR) is 106 cm³/mol. The van der Waals surface area contributed by atoms with Crippen LogP contribution < -0.4 is 14.5 Å². The second-order valence-electron chi connectivity index (χ2n) is 6.85. The van der Waals surface area contributed by atoms with Crippen LogP contribution in [-0.2, 0) is 9.59 Å². The molecule has 9 heteroatoms. The van der Waals surface area contributed by atoms with Gasteiger partial charge in [-0.05, 0) is 18.2 Å². The van der Waals surface area contributed by atoms with Gasteiger partial charge in [-0.2, -0.15) is 0 Å². The molecule has 29 heavy (non-hydrogen) atoms. The van der Waals surface area contributed by atoms with Gasteiger partial charge in [-0.3, -0.25) is 24.6 Å². The molecular weight excluding hydrogens is 376 g/mol. The molecule has 1 fully saturated rings. The molecule has 2 aliphatic rings. The van der Waals surface area contributed by atoms with E-state index in [1.807, 2.05) is 11.0 Å². The second-order valence-corrected chi connectivity index (χ2v) is 6.85. The second kappa shape index (κ2) is 7.78. The summed E-state index contributed by atoms with van der Waals surface area (Å²) in [5.41, 5.74) is 1.21. The van der Waals surface area contributed by atoms with Crippen LogP contribution in [0, 0.1) is 10.1 Å². The van der Waals surface area contributed by atoms with Gasteiger partial charge in [-0.25, -0.2) is 0 Å². The molecule has 2 amide bonds. The van der Waals surface area contributed by atoms with Crippen molar-refractivity contribution in [3.8, 4) is 5.75 Å². The Balaban J connectivity index is 1.42. The van der Waals surface area contributed by atoms with Gasteiger partial charge in [-0.15, -0.1) is 0 Å². The fourth-order valence-corrected chi connectivity index (χ4v) is 3.65. The number of nitro benzene ring substituents is 1. The quantitative estimate of drug-likeness (QED) is 0.576. The molecule has 0 aromatic heterocycles. The zero-order chi connectivity index (χ0) is 20.4. The molecule has 4 rings (SSSR count). The standard InChI is InChI=1S/C20H20N4O5/c25-19(13-23-17-7-3-4-8-18(17)29-14-20(23)26)22-11-9-21(10-12-22)15-5-1-2-6-16(15)24(27)28/h1-8H,9-14H2. The van der Waals surface area contributed by atoms with Crippen LogP contribution in [0.3, 0.4) is 0 Å². The summed E-state index contributed by atoms with van der Waals surface area (Å²) in [6, 6.07) is 13.7. The Morgan fingerprint density at radius 3 is 2.38 bits per heavy atom. The van der Waals surface area contributed by atoms with E-state index in [0.717, 1.165) is 0 Å². The minimum absolute atomic E-state index is 0.0509. The lowest BCUT2D eigenvalue weighted by molar-refractivity contribution is -0.384. The number of piperazine rings is 1. The van der Waals surface area contributed by atoms with Crippen LogP contribution in [0.25, 0.3) is 0 Å². The van der Waals surface area contributed by atoms with Crippen LogP contribution in [0.15, 0.2) is 48.5 Å². The predicted octanol–water partition coefficient (Wildman–Crippen LogP) is 1.67. The van der Waals surface area contributed by atoms with Crippen molar-refractivity contribution in [2.24, 2.45) is 0 Å². The maximum absolute atomic E-state index is 12.8. The minimum atomic E-state index is -0.395. The van der Waals surface area contributed by atoms with Gasteiger partial charge < -0.3 is 14.5 Å². The van der Waals surface area contributed by atoms with Gasteiger partial charge in [0, 0.05) is 32.2 Å². The summed E-state index contributed by atoms with van der Waals surface area (Å²) in [6.07, 6.45) is 0. The number of benzene rings is 2. The number of para-hydroxylation sites is 4. The number of carbonyl (C=O) groups excluding carboxylic acids is 2. The van der Waals surface area contributed by atoms with Crippen molar-refractivity contribution in [2.45, 2.75) is 0 Å². The van der Waals surface area contributed by atoms with Crippen molar-refractivity contribution in [3.63, 3.8) is 0 Å². The van der Waals surface area contributed by atoms with E-state index in [1.165, 1.54) is 11.0 Å². The van der Waals surface area contributed by atoms with Gasteiger partial charge in [0.15, 0.2) is 6.61 Å². The molecule has 0 saturated carbocycles. The van der Waals surface area contributed by atoms with Crippen LogP contribution in [0.5, 0.6) is 5.75 Å². The van der Waals surface area contributed by atoms with Crippen molar-refractivity contribution >= 4 is 28.9 Å². The number of ether oxygens (including phenoxy) is 1. The summed E-state index contributed by atoms with van der Waals surface area (Å²) in [7, 11) is 0. The molecule has 2 heterocycles. The van der Waals surface area contributed by atoms with E-state index in [9.17, 15) is 19.7 Å². The van der Waals surface area contributed by atoms with Crippen molar-refractivity contribution in [1.82, 2.24) is 4.90 Å². The summed E-state index contributed by atoms with van der Waals surface area (Å²) >= 11 is 0. The van der Waals surface area contributed by atoms with E-state index in [2.05, 4.69) is 0 Å². The number of amides is 2. The van der Waals surface area contributed by atoms with E-state index in [-0.39, 0.29) is 30.7 Å². The molecule has 0 atom stereocenters. The average molecular weight is 396 g/mol. The topological polar surface area (TPSA) is 96.2 Å². The van der Waals surface area contributed by atoms with E-state index in [1.54, 1.807) is 41.3 Å². The van der Waals surface area contributed by atoms with Gasteiger partial charge in [0.25, 0.3) is 11.6 Å². The number of rotatable bonds is 4. The molecular formula is C20H20N4O5. The van der Waals surface area contributed by atoms with Crippen LogP contribution in [0.4, 0.5) is 17.1 Å². The Hall–Kier alpha value is -3.62. The lowest BCUT2D eigenvalue weighted by Gasteiger charge is -2.37. The highest BCUT2D eigenvalue weighted by Gasteiger charge is 2.30. The molecule has 0 bridgehead atoms. The van der Waals surface area contributed by atoms with Crippen LogP contribution >= 0.6 is 0 Å². The van der Waals surface area contributed by atoms with Gasteiger partial charge in [-0.1, -0.05) is 24.3 Å². The Bertz CT molecular complexity index is 955. The van der Waals surface area contributed by atoms with Gasteiger partial charge in [0.2, 0.25) is 5.91 Å². The molecule has 2 aromatic carbocycles. The zero-order valence-electron chi connectivity index (χ0n) is 15.7. The smallest absolute Gasteiger partial charge is 0.292 e. The average Bonchev–Trinajstić information content (AvgIpc) is 2.75. The van der Waals surface area contributed by atoms with Crippen molar-refractivity contribution in [2.75, 3.05) is 49.1 Å². The van der Waals surface area contributed by atoms with E-state index in [0.29, 0.717) is 43.3 Å². The van der Waals surface area contributed by atoms with Gasteiger partial charge >= 0.3 is 0 Å². The third-order valence-electron chi connectivity index (χ3n) is 5.15. The third kappa shape index (κ3) is 3.71. The first-order valence-electron chi connectivity index (χ1n) is 9.33. The number of nitrogens with zero attached hydrogens (tertiary/aromatic N) is 4. The number of carbonyl (C=O) groups is 2. The highest BCUT2D eigenvalue weighted by molar-refractivity contribution is 6.02. The normalized spacial score (nSPS) is 16.3. The van der Waals surface area contributed by atoms with E-state index < -0.39 is 4.92 Å². The number of fused-ring (bicyclic) bond motifs is 1. The molecule has 150 valence electrons. The monoisotopic (exact) mass is 396 g/mol. The molecule has 0 spiro atoms. The summed E-state index contributed by atoms with van der Waals surface area (Å²) in [5, 5.41) is 11.3. The molecule has 0 radical (unpaired) electrons. The lowest BCUT2D eigenvalue weighted by atomic mass is 10.2. The first-order chi connectivity index (χ1) is 14.0. The Morgan fingerprint density at radius 2 is 1.66 bits per heavy atom. The Labute approximate surface area is 167 Å². The van der Waals surface area contributed by atoms with Crippen LogP contribution in [0.2, 0.25) is 0 Å². The highest BCUT2D eigenvalue weighted by Crippen LogP contribution is 2.32. The fraction of sp³-hybridized carbons (Fsp3) is 0.300. The first-order valence-corrected chi connectivity index (χ1v) is 9.33. The molecule has 2 aromatic rings. The fourth-order valence-electron chi connectivity index (χ4n) is 3.65. The highest BCUT2D eigenvalue weighted by atomic mass is 16.6. The van der Waals surface area contributed by atoms with Crippen LogP contribution in [0.1, 0.15) is 0 Å². The van der Waals surface area contributed by atoms with E-state index in [4.69, 9.17) is 4.74 Å². The number of hydrogen-bond donors (Lipinski definition) is 0. The number of nitro groups is 1. The lowest BCUT2D eigenvalue weighted by Crippen LogP contribution is -2.53. The molecule has 0 unspecified atom stereocenters. The number of anilines is 2. The first kappa shape index (κ1) is 18.7. The number of hydrogen-bond acceptors (Lipinski definition) is 6. The van der Waals surface area contributed by atoms with Gasteiger partial charge in [0.05, 0.1) is 10.6 Å². The maximum atomic E-state index is 12.8. The summed E-state index contributed by atoms with van der Waals surface area (Å²) in [5.74, 6) is 0.175. The molecule has 0 aliphatic carbocycles. The molecule has 9 nitrogen and oxygen atoms in total. The Kier molecular flexibility index (Phi) is 5.03. The van der Waals surface area contributed by atoms with Gasteiger partial charge in [0.1, 0.15) is 18.0 Å². The molecule has 0 N–H and O–H groups in total. The summed E-state index contributed by atoms with van der Waals surface area (Å²) in [6.45, 7) is 1.71. The molecule has 2 aliphatic heterocycles. The maximum Gasteiger partial charge on any atom is 0.292 e. The van der Waals surface area contributed by atoms with Crippen LogP contribution in [-0.4, -0.2) is 61.0 Å². The molecule has 1 saturated heterocycles. The summed E-state index contributed by atoms with van der Waals surface area (Å²) in [4.78, 5) is 41.0. The SMILES string of the molecule is O=C(CN1C(=O)COc2ccccc21)N1CCN(c2ccccc2[N+](=O)[O-])CC1. The Morgan fingerprint density at radius 1 is 1.00 bits per heavy atom. The van der Waals surface area contributed by atoms with E-state index >= 15 is 0 Å². The zero-order valence-corrected chi connectivity index (χ0v) is 15.7.